The molecule has 0 aromatic heterocycles. The molecule has 0 radical (unpaired) electrons. The van der Waals surface area contributed by atoms with Crippen molar-refractivity contribution in [3.8, 4) is 0 Å². The smallest absolute Gasteiger partial charge is 0.0184 e. The van der Waals surface area contributed by atoms with Crippen LogP contribution in [0.5, 0.6) is 0 Å². The first-order chi connectivity index (χ1) is 7.38. The molecule has 0 aliphatic rings. The van der Waals surface area contributed by atoms with Crippen LogP contribution in [0.4, 0.5) is 0 Å². The largest absolute Gasteiger partial charge is 0.103 e. The van der Waals surface area contributed by atoms with Crippen molar-refractivity contribution >= 4 is 10.8 Å². The Hall–Kier alpha value is -1.56. The van der Waals surface area contributed by atoms with E-state index in [-0.39, 0.29) is 0 Å². The van der Waals surface area contributed by atoms with Gasteiger partial charge < -0.3 is 0 Å². The second-order valence-electron chi connectivity index (χ2n) is 3.42. The van der Waals surface area contributed by atoms with E-state index in [4.69, 9.17) is 0 Å². The molecule has 0 N–H and O–H groups in total. The monoisotopic (exact) mass is 198 g/mol. The number of benzene rings is 2. The Morgan fingerprint density at radius 3 is 1.53 bits per heavy atom. The molecule has 0 saturated carbocycles. The standard InChI is InChI=1S/C10H8.C5H10/c1-2-6-10-8-4-3-7-9(10)5-1;1-3-5-4-2/h1-8H;3H,1,4-5H2,2H3. The van der Waals surface area contributed by atoms with Gasteiger partial charge in [-0.2, -0.15) is 0 Å². The van der Waals surface area contributed by atoms with Crippen LogP contribution < -0.4 is 0 Å². The average molecular weight is 198 g/mol. The Morgan fingerprint density at radius 2 is 1.33 bits per heavy atom. The fraction of sp³-hybridized carbons (Fsp3) is 0.200. The molecule has 0 spiro atoms. The van der Waals surface area contributed by atoms with Crippen LogP contribution in [0.1, 0.15) is 19.8 Å². The van der Waals surface area contributed by atoms with E-state index in [2.05, 4.69) is 62.0 Å². The van der Waals surface area contributed by atoms with Crippen LogP contribution in [-0.4, -0.2) is 0 Å². The summed E-state index contributed by atoms with van der Waals surface area (Å²) in [6.45, 7) is 5.69. The van der Waals surface area contributed by atoms with Crippen molar-refractivity contribution in [2.75, 3.05) is 0 Å². The van der Waals surface area contributed by atoms with Crippen molar-refractivity contribution in [1.82, 2.24) is 0 Å². The van der Waals surface area contributed by atoms with Crippen molar-refractivity contribution in [2.24, 2.45) is 0 Å². The molecule has 2 rings (SSSR count). The molecule has 0 saturated heterocycles. The lowest BCUT2D eigenvalue weighted by Gasteiger charge is -1.92. The van der Waals surface area contributed by atoms with Crippen LogP contribution >= 0.6 is 0 Å². The van der Waals surface area contributed by atoms with Gasteiger partial charge in [0.2, 0.25) is 0 Å². The van der Waals surface area contributed by atoms with Crippen LogP contribution in [-0.2, 0) is 0 Å². The zero-order valence-electron chi connectivity index (χ0n) is 9.32. The van der Waals surface area contributed by atoms with E-state index >= 15 is 0 Å². The third-order valence-electron chi connectivity index (χ3n) is 2.15. The molecule has 2 aromatic carbocycles. The number of unbranched alkanes of at least 4 members (excludes halogenated alkanes) is 1. The summed E-state index contributed by atoms with van der Waals surface area (Å²) in [6, 6.07) is 16.7. The first-order valence-corrected chi connectivity index (χ1v) is 5.43. The molecule has 0 heteroatoms. The van der Waals surface area contributed by atoms with Gasteiger partial charge in [-0.25, -0.2) is 0 Å². The zero-order valence-corrected chi connectivity index (χ0v) is 9.32. The molecule has 78 valence electrons. The molecule has 0 bridgehead atoms. The fourth-order valence-electron chi connectivity index (χ4n) is 1.34. The minimum absolute atomic E-state index is 1.15. The van der Waals surface area contributed by atoms with Gasteiger partial charge in [-0.15, -0.1) is 6.58 Å². The minimum Gasteiger partial charge on any atom is -0.103 e. The second kappa shape index (κ2) is 6.83. The fourth-order valence-corrected chi connectivity index (χ4v) is 1.34. The molecule has 0 amide bonds. The molecular formula is C15H18. The van der Waals surface area contributed by atoms with Crippen molar-refractivity contribution in [2.45, 2.75) is 19.8 Å². The summed E-state index contributed by atoms with van der Waals surface area (Å²) in [4.78, 5) is 0. The van der Waals surface area contributed by atoms with Crippen LogP contribution in [0.3, 0.4) is 0 Å². The van der Waals surface area contributed by atoms with Gasteiger partial charge in [-0.05, 0) is 17.2 Å². The summed E-state index contributed by atoms with van der Waals surface area (Å²) < 4.78 is 0. The highest BCUT2D eigenvalue weighted by Crippen LogP contribution is 2.11. The summed E-state index contributed by atoms with van der Waals surface area (Å²) in [6.07, 6.45) is 4.31. The van der Waals surface area contributed by atoms with Crippen LogP contribution in [0.2, 0.25) is 0 Å². The lowest BCUT2D eigenvalue weighted by atomic mass is 10.1. The number of hydrogen-bond acceptors (Lipinski definition) is 0. The van der Waals surface area contributed by atoms with Crippen LogP contribution in [0.25, 0.3) is 10.8 Å². The first-order valence-electron chi connectivity index (χ1n) is 5.43. The molecular weight excluding hydrogens is 180 g/mol. The number of hydrogen-bond donors (Lipinski definition) is 0. The van der Waals surface area contributed by atoms with E-state index in [1.807, 2.05) is 6.08 Å². The van der Waals surface area contributed by atoms with Gasteiger partial charge in [0.25, 0.3) is 0 Å². The summed E-state index contributed by atoms with van der Waals surface area (Å²) in [5.41, 5.74) is 0. The maximum Gasteiger partial charge on any atom is -0.0184 e. The van der Waals surface area contributed by atoms with Crippen LogP contribution in [0.15, 0.2) is 61.2 Å². The molecule has 0 nitrogen and oxygen atoms in total. The minimum atomic E-state index is 1.15. The molecule has 0 heterocycles. The van der Waals surface area contributed by atoms with E-state index in [1.54, 1.807) is 0 Å². The molecule has 0 atom stereocenters. The third kappa shape index (κ3) is 3.99. The lowest BCUT2D eigenvalue weighted by molar-refractivity contribution is 0.961. The number of rotatable bonds is 2. The summed E-state index contributed by atoms with van der Waals surface area (Å²) in [5.74, 6) is 0. The van der Waals surface area contributed by atoms with Gasteiger partial charge in [-0.3, -0.25) is 0 Å². The second-order valence-corrected chi connectivity index (χ2v) is 3.42. The molecule has 2 aromatic rings. The lowest BCUT2D eigenvalue weighted by Crippen LogP contribution is -1.67. The van der Waals surface area contributed by atoms with Crippen molar-refractivity contribution in [3.63, 3.8) is 0 Å². The Morgan fingerprint density at radius 1 is 0.933 bits per heavy atom. The highest BCUT2D eigenvalue weighted by atomic mass is 13.9. The van der Waals surface area contributed by atoms with E-state index in [9.17, 15) is 0 Å². The molecule has 0 aliphatic carbocycles. The maximum absolute atomic E-state index is 3.55. The Balaban J connectivity index is 0.000000195. The van der Waals surface area contributed by atoms with Crippen molar-refractivity contribution < 1.29 is 0 Å². The topological polar surface area (TPSA) is 0 Å². The van der Waals surface area contributed by atoms with E-state index < -0.39 is 0 Å². The van der Waals surface area contributed by atoms with Crippen LogP contribution in [0, 0.1) is 0 Å². The SMILES string of the molecule is C=CCCC.c1ccc2ccccc2c1. The summed E-state index contributed by atoms with van der Waals surface area (Å²) >= 11 is 0. The first kappa shape index (κ1) is 11.5. The van der Waals surface area contributed by atoms with E-state index in [0.29, 0.717) is 0 Å². The number of allylic oxidation sites excluding steroid dienone is 1. The highest BCUT2D eigenvalue weighted by molar-refractivity contribution is 5.81. The maximum atomic E-state index is 3.55. The Bertz CT molecular complexity index is 336. The van der Waals surface area contributed by atoms with Gasteiger partial charge in [0.15, 0.2) is 0 Å². The van der Waals surface area contributed by atoms with Gasteiger partial charge in [-0.1, -0.05) is 68.0 Å². The van der Waals surface area contributed by atoms with E-state index in [0.717, 1.165) is 6.42 Å². The molecule has 0 aliphatic heterocycles. The predicted octanol–water partition coefficient (Wildman–Crippen LogP) is 4.81. The molecule has 0 unspecified atom stereocenters. The quantitative estimate of drug-likeness (QED) is 0.607. The summed E-state index contributed by atoms with van der Waals surface area (Å²) in [7, 11) is 0. The van der Waals surface area contributed by atoms with Crippen molar-refractivity contribution in [3.05, 3.63) is 61.2 Å². The Labute approximate surface area is 92.3 Å². The predicted molar refractivity (Wildman–Crippen MR) is 69.1 cm³/mol. The highest BCUT2D eigenvalue weighted by Gasteiger charge is 1.85. The molecule has 0 fully saturated rings. The number of fused-ring (bicyclic) bond motifs is 1. The zero-order chi connectivity index (χ0) is 10.9. The van der Waals surface area contributed by atoms with Gasteiger partial charge in [0, 0.05) is 0 Å². The van der Waals surface area contributed by atoms with E-state index in [1.165, 1.54) is 17.2 Å². The van der Waals surface area contributed by atoms with Gasteiger partial charge >= 0.3 is 0 Å². The average Bonchev–Trinajstić information content (AvgIpc) is 2.31. The summed E-state index contributed by atoms with van der Waals surface area (Å²) in [5, 5.41) is 2.62. The molecule has 15 heavy (non-hydrogen) atoms. The normalized spacial score (nSPS) is 9.13. The third-order valence-corrected chi connectivity index (χ3v) is 2.15. The van der Waals surface area contributed by atoms with Gasteiger partial charge in [0.05, 0.1) is 0 Å². The Kier molecular flexibility index (Phi) is 5.24. The van der Waals surface area contributed by atoms with Crippen molar-refractivity contribution in [1.29, 1.82) is 0 Å². The van der Waals surface area contributed by atoms with Gasteiger partial charge in [0.1, 0.15) is 0 Å².